The minimum Gasteiger partial charge on any atom is -0.367 e. The third kappa shape index (κ3) is 4.73. The molecule has 1 aromatic rings. The van der Waals surface area contributed by atoms with E-state index in [0.717, 1.165) is 6.54 Å². The summed E-state index contributed by atoms with van der Waals surface area (Å²) in [4.78, 5) is 18.6. The van der Waals surface area contributed by atoms with Gasteiger partial charge in [-0.1, -0.05) is 11.6 Å². The van der Waals surface area contributed by atoms with Gasteiger partial charge in [0.2, 0.25) is 5.95 Å². The molecule has 1 heterocycles. The number of hydrogen-bond acceptors (Lipinski definition) is 5. The summed E-state index contributed by atoms with van der Waals surface area (Å²) in [5.41, 5.74) is 4.93. The molecule has 1 aromatic heterocycles. The van der Waals surface area contributed by atoms with Crippen molar-refractivity contribution in [3.63, 3.8) is 0 Å². The molecule has 94 valence electrons. The number of primary amides is 1. The largest absolute Gasteiger partial charge is 0.367 e. The Morgan fingerprint density at radius 1 is 1.47 bits per heavy atom. The van der Waals surface area contributed by atoms with Gasteiger partial charge in [0.25, 0.3) is 0 Å². The second kappa shape index (κ2) is 6.74. The molecule has 0 aromatic carbocycles. The van der Waals surface area contributed by atoms with Gasteiger partial charge in [-0.05, 0) is 6.92 Å². The van der Waals surface area contributed by atoms with Crippen molar-refractivity contribution >= 4 is 29.4 Å². The Hall–Kier alpha value is -1.76. The highest BCUT2D eigenvalue weighted by molar-refractivity contribution is 6.32. The minimum absolute atomic E-state index is 0.395. The quantitative estimate of drug-likeness (QED) is 0.561. The zero-order valence-corrected chi connectivity index (χ0v) is 10.2. The SMILES string of the molecule is CCNc1ncc(Cl)c(NCCNC(N)=O)n1. The number of nitrogens with one attached hydrogen (secondary N) is 3. The Morgan fingerprint density at radius 3 is 2.88 bits per heavy atom. The van der Waals surface area contributed by atoms with E-state index in [1.165, 1.54) is 6.20 Å². The predicted octanol–water partition coefficient (Wildman–Crippen LogP) is 0.642. The standard InChI is InChI=1S/C9H15ClN6O/c1-2-12-9-15-5-6(10)7(16-9)13-3-4-14-8(11)17/h5H,2-4H2,1H3,(H3,11,14,17)(H2,12,13,15,16). The van der Waals surface area contributed by atoms with Gasteiger partial charge in [0.1, 0.15) is 5.02 Å². The molecule has 0 bridgehead atoms. The van der Waals surface area contributed by atoms with Gasteiger partial charge in [0.15, 0.2) is 5.82 Å². The molecule has 0 radical (unpaired) electrons. The first-order valence-corrected chi connectivity index (χ1v) is 5.55. The smallest absolute Gasteiger partial charge is 0.312 e. The minimum atomic E-state index is -0.561. The van der Waals surface area contributed by atoms with Crippen LogP contribution < -0.4 is 21.7 Å². The molecule has 1 rings (SSSR count). The molecule has 0 saturated heterocycles. The fourth-order valence-electron chi connectivity index (χ4n) is 1.10. The maximum Gasteiger partial charge on any atom is 0.312 e. The van der Waals surface area contributed by atoms with Gasteiger partial charge in [0.05, 0.1) is 6.20 Å². The van der Waals surface area contributed by atoms with Gasteiger partial charge in [0, 0.05) is 19.6 Å². The number of aromatic nitrogens is 2. The maximum absolute atomic E-state index is 10.4. The molecule has 0 aliphatic rings. The van der Waals surface area contributed by atoms with Crippen LogP contribution in [0.25, 0.3) is 0 Å². The number of nitrogens with two attached hydrogens (primary N) is 1. The Kier molecular flexibility index (Phi) is 5.28. The first-order chi connectivity index (χ1) is 8.13. The zero-order chi connectivity index (χ0) is 12.7. The highest BCUT2D eigenvalue weighted by Gasteiger charge is 2.04. The maximum atomic E-state index is 10.4. The molecule has 17 heavy (non-hydrogen) atoms. The van der Waals surface area contributed by atoms with E-state index in [9.17, 15) is 4.79 Å². The van der Waals surface area contributed by atoms with Crippen LogP contribution >= 0.6 is 11.6 Å². The summed E-state index contributed by atoms with van der Waals surface area (Å²) in [6, 6.07) is -0.561. The molecular formula is C9H15ClN6O. The van der Waals surface area contributed by atoms with Gasteiger partial charge >= 0.3 is 6.03 Å². The lowest BCUT2D eigenvalue weighted by atomic mass is 10.5. The second-order valence-corrected chi connectivity index (χ2v) is 3.55. The zero-order valence-electron chi connectivity index (χ0n) is 9.46. The lowest BCUT2D eigenvalue weighted by molar-refractivity contribution is 0.249. The van der Waals surface area contributed by atoms with Crippen LogP contribution in [-0.4, -0.2) is 35.6 Å². The third-order valence-corrected chi connectivity index (χ3v) is 2.07. The summed E-state index contributed by atoms with van der Waals surface area (Å²) in [6.45, 7) is 3.55. The summed E-state index contributed by atoms with van der Waals surface area (Å²) < 4.78 is 0. The molecule has 2 amide bonds. The summed E-state index contributed by atoms with van der Waals surface area (Å²) >= 11 is 5.91. The molecule has 0 saturated carbocycles. The Bertz CT molecular complexity index is 386. The van der Waals surface area contributed by atoms with Gasteiger partial charge in [-0.2, -0.15) is 4.98 Å². The number of hydrogen-bond donors (Lipinski definition) is 4. The fourth-order valence-corrected chi connectivity index (χ4v) is 1.26. The van der Waals surface area contributed by atoms with Crippen LogP contribution in [0.3, 0.4) is 0 Å². The van der Waals surface area contributed by atoms with Crippen molar-refractivity contribution in [1.82, 2.24) is 15.3 Å². The highest BCUT2D eigenvalue weighted by Crippen LogP contribution is 2.18. The Morgan fingerprint density at radius 2 is 2.24 bits per heavy atom. The van der Waals surface area contributed by atoms with E-state index >= 15 is 0 Å². The van der Waals surface area contributed by atoms with Crippen molar-refractivity contribution in [1.29, 1.82) is 0 Å². The van der Waals surface area contributed by atoms with Gasteiger partial charge in [-0.15, -0.1) is 0 Å². The highest BCUT2D eigenvalue weighted by atomic mass is 35.5. The van der Waals surface area contributed by atoms with Crippen molar-refractivity contribution in [2.24, 2.45) is 5.73 Å². The van der Waals surface area contributed by atoms with Crippen molar-refractivity contribution < 1.29 is 4.79 Å². The summed E-state index contributed by atoms with van der Waals surface area (Å²) in [7, 11) is 0. The van der Waals surface area contributed by atoms with Crippen LogP contribution in [-0.2, 0) is 0 Å². The third-order valence-electron chi connectivity index (χ3n) is 1.80. The van der Waals surface area contributed by atoms with E-state index in [4.69, 9.17) is 17.3 Å². The molecular weight excluding hydrogens is 244 g/mol. The molecule has 0 unspecified atom stereocenters. The van der Waals surface area contributed by atoms with Gasteiger partial charge < -0.3 is 21.7 Å². The van der Waals surface area contributed by atoms with Crippen molar-refractivity contribution in [3.05, 3.63) is 11.2 Å². The number of anilines is 2. The van der Waals surface area contributed by atoms with E-state index in [0.29, 0.717) is 29.9 Å². The Labute approximate surface area is 104 Å². The van der Waals surface area contributed by atoms with Gasteiger partial charge in [-0.25, -0.2) is 9.78 Å². The van der Waals surface area contributed by atoms with Crippen LogP contribution in [0.4, 0.5) is 16.6 Å². The van der Waals surface area contributed by atoms with E-state index in [1.807, 2.05) is 6.92 Å². The van der Waals surface area contributed by atoms with Crippen LogP contribution in [0.15, 0.2) is 6.20 Å². The number of carbonyl (C=O) groups is 1. The van der Waals surface area contributed by atoms with Crippen LogP contribution in [0.5, 0.6) is 0 Å². The van der Waals surface area contributed by atoms with Gasteiger partial charge in [-0.3, -0.25) is 0 Å². The molecule has 5 N–H and O–H groups in total. The molecule has 7 nitrogen and oxygen atoms in total. The number of urea groups is 1. The summed E-state index contributed by atoms with van der Waals surface area (Å²) in [6.07, 6.45) is 1.51. The average molecular weight is 259 g/mol. The van der Waals surface area contributed by atoms with E-state index < -0.39 is 6.03 Å². The summed E-state index contributed by atoms with van der Waals surface area (Å²) in [5, 5.41) is 8.82. The van der Waals surface area contributed by atoms with Crippen LogP contribution in [0.1, 0.15) is 6.92 Å². The molecule has 0 fully saturated rings. The normalized spacial score (nSPS) is 9.76. The fraction of sp³-hybridized carbons (Fsp3) is 0.444. The molecule has 0 atom stereocenters. The van der Waals surface area contributed by atoms with E-state index in [2.05, 4.69) is 25.9 Å². The monoisotopic (exact) mass is 258 g/mol. The first kappa shape index (κ1) is 13.3. The topological polar surface area (TPSA) is 105 Å². The number of halogens is 1. The number of nitrogens with zero attached hydrogens (tertiary/aromatic N) is 2. The second-order valence-electron chi connectivity index (χ2n) is 3.14. The van der Waals surface area contributed by atoms with Crippen LogP contribution in [0, 0.1) is 0 Å². The number of rotatable bonds is 6. The molecule has 0 aliphatic heterocycles. The van der Waals surface area contributed by atoms with Crippen molar-refractivity contribution in [2.45, 2.75) is 6.92 Å². The number of amides is 2. The number of carbonyl (C=O) groups excluding carboxylic acids is 1. The lowest BCUT2D eigenvalue weighted by Crippen LogP contribution is -2.33. The first-order valence-electron chi connectivity index (χ1n) is 5.17. The van der Waals surface area contributed by atoms with Crippen molar-refractivity contribution in [2.75, 3.05) is 30.3 Å². The average Bonchev–Trinajstić information content (AvgIpc) is 2.28. The molecule has 0 aliphatic carbocycles. The van der Waals surface area contributed by atoms with E-state index in [-0.39, 0.29) is 0 Å². The van der Waals surface area contributed by atoms with E-state index in [1.54, 1.807) is 0 Å². The molecule has 8 heteroatoms. The van der Waals surface area contributed by atoms with Crippen LogP contribution in [0.2, 0.25) is 5.02 Å². The molecule has 0 spiro atoms. The summed E-state index contributed by atoms with van der Waals surface area (Å²) in [5.74, 6) is 1.02. The van der Waals surface area contributed by atoms with Crippen molar-refractivity contribution in [3.8, 4) is 0 Å². The predicted molar refractivity (Wildman–Crippen MR) is 67.3 cm³/mol. The Balaban J connectivity index is 2.51. The lowest BCUT2D eigenvalue weighted by Gasteiger charge is -2.09.